The van der Waals surface area contributed by atoms with Crippen LogP contribution in [0.2, 0.25) is 0 Å². The smallest absolute Gasteiger partial charge is 0.124 e. The van der Waals surface area contributed by atoms with E-state index in [-0.39, 0.29) is 10.9 Å². The van der Waals surface area contributed by atoms with Crippen LogP contribution in [-0.4, -0.2) is 13.2 Å². The number of hydrogen-bond acceptors (Lipinski definition) is 2. The Hall–Kier alpha value is -1.48. The summed E-state index contributed by atoms with van der Waals surface area (Å²) in [5.74, 6) is 1.97. The molecule has 1 aliphatic rings. The fourth-order valence-corrected chi connectivity index (χ4v) is 3.61. The Morgan fingerprint density at radius 2 is 1.86 bits per heavy atom. The van der Waals surface area contributed by atoms with E-state index in [1.165, 1.54) is 11.1 Å². The van der Waals surface area contributed by atoms with E-state index in [9.17, 15) is 0 Å². The Kier molecular flexibility index (Phi) is 3.94. The highest BCUT2D eigenvalue weighted by Crippen LogP contribution is 2.39. The molecule has 0 aromatic heterocycles. The number of benzene rings is 2. The van der Waals surface area contributed by atoms with Gasteiger partial charge in [-0.15, -0.1) is 0 Å². The van der Waals surface area contributed by atoms with Crippen LogP contribution in [0, 0.1) is 13.8 Å². The third kappa shape index (κ3) is 2.67. The number of hydrogen-bond donors (Lipinski definition) is 0. The van der Waals surface area contributed by atoms with Gasteiger partial charge in [0.1, 0.15) is 17.6 Å². The molecule has 110 valence electrons. The van der Waals surface area contributed by atoms with Gasteiger partial charge in [0, 0.05) is 6.42 Å². The molecule has 3 heteroatoms. The molecule has 2 aromatic carbocycles. The maximum Gasteiger partial charge on any atom is 0.124 e. The van der Waals surface area contributed by atoms with Gasteiger partial charge in [0.15, 0.2) is 0 Å². The third-order valence-corrected chi connectivity index (χ3v) is 5.12. The molecule has 2 atom stereocenters. The molecule has 2 aromatic rings. The zero-order valence-corrected chi connectivity index (χ0v) is 14.1. The number of halogens is 1. The van der Waals surface area contributed by atoms with Crippen molar-refractivity contribution < 1.29 is 9.47 Å². The second-order valence-corrected chi connectivity index (χ2v) is 6.54. The zero-order chi connectivity index (χ0) is 15.0. The summed E-state index contributed by atoms with van der Waals surface area (Å²) >= 11 is 3.82. The molecule has 0 saturated heterocycles. The van der Waals surface area contributed by atoms with E-state index in [1.54, 1.807) is 7.11 Å². The Morgan fingerprint density at radius 1 is 1.19 bits per heavy atom. The van der Waals surface area contributed by atoms with Gasteiger partial charge in [-0.1, -0.05) is 46.3 Å². The van der Waals surface area contributed by atoms with Crippen molar-refractivity contribution in [2.45, 2.75) is 31.2 Å². The van der Waals surface area contributed by atoms with Crippen LogP contribution in [0.25, 0.3) is 0 Å². The lowest BCUT2D eigenvalue weighted by Crippen LogP contribution is -2.19. The van der Waals surface area contributed by atoms with Crippen LogP contribution in [0.3, 0.4) is 0 Å². The lowest BCUT2D eigenvalue weighted by molar-refractivity contribution is 0.231. The van der Waals surface area contributed by atoms with E-state index < -0.39 is 0 Å². The summed E-state index contributed by atoms with van der Waals surface area (Å²) < 4.78 is 11.5. The first kappa shape index (κ1) is 14.5. The topological polar surface area (TPSA) is 18.5 Å². The molecule has 3 rings (SSSR count). The number of ether oxygens (including phenoxy) is 2. The summed E-state index contributed by atoms with van der Waals surface area (Å²) in [6, 6.07) is 12.6. The molecule has 1 aliphatic heterocycles. The monoisotopic (exact) mass is 346 g/mol. The minimum Gasteiger partial charge on any atom is -0.496 e. The molecular formula is C18H19BrO2. The Labute approximate surface area is 134 Å². The van der Waals surface area contributed by atoms with Crippen molar-refractivity contribution in [3.8, 4) is 11.5 Å². The number of alkyl halides is 1. The van der Waals surface area contributed by atoms with Gasteiger partial charge in [-0.3, -0.25) is 0 Å². The molecule has 0 bridgehead atoms. The second-order valence-electron chi connectivity index (χ2n) is 5.56. The first-order valence-corrected chi connectivity index (χ1v) is 8.05. The fourth-order valence-electron chi connectivity index (χ4n) is 3.05. The Bertz CT molecular complexity index is 618. The lowest BCUT2D eigenvalue weighted by Gasteiger charge is -2.20. The summed E-state index contributed by atoms with van der Waals surface area (Å²) in [7, 11) is 1.72. The Morgan fingerprint density at radius 3 is 2.48 bits per heavy atom. The fraction of sp³-hybridized carbons (Fsp3) is 0.333. The van der Waals surface area contributed by atoms with E-state index in [0.29, 0.717) is 0 Å². The van der Waals surface area contributed by atoms with Gasteiger partial charge in [-0.2, -0.15) is 0 Å². The van der Waals surface area contributed by atoms with Gasteiger partial charge in [0.05, 0.1) is 11.9 Å². The normalized spacial score (nSPS) is 18.0. The zero-order valence-electron chi connectivity index (χ0n) is 12.5. The van der Waals surface area contributed by atoms with E-state index in [2.05, 4.69) is 54.0 Å². The molecule has 0 aliphatic carbocycles. The van der Waals surface area contributed by atoms with Crippen molar-refractivity contribution in [3.05, 3.63) is 58.7 Å². The highest BCUT2D eigenvalue weighted by Gasteiger charge is 2.30. The van der Waals surface area contributed by atoms with Gasteiger partial charge in [-0.05, 0) is 42.2 Å². The van der Waals surface area contributed by atoms with Gasteiger partial charge in [0.2, 0.25) is 0 Å². The summed E-state index contributed by atoms with van der Waals surface area (Å²) in [6.07, 6.45) is 1.07. The number of para-hydroxylation sites is 1. The highest BCUT2D eigenvalue weighted by atomic mass is 79.9. The van der Waals surface area contributed by atoms with Crippen molar-refractivity contribution >= 4 is 15.9 Å². The molecule has 2 unspecified atom stereocenters. The first-order chi connectivity index (χ1) is 10.1. The molecule has 0 radical (unpaired) electrons. The van der Waals surface area contributed by atoms with Crippen LogP contribution in [0.1, 0.15) is 27.1 Å². The van der Waals surface area contributed by atoms with Crippen LogP contribution >= 0.6 is 15.9 Å². The molecule has 2 nitrogen and oxygen atoms in total. The lowest BCUT2D eigenvalue weighted by atomic mass is 9.99. The summed E-state index contributed by atoms with van der Waals surface area (Å²) in [5.41, 5.74) is 4.84. The predicted molar refractivity (Wildman–Crippen MR) is 88.7 cm³/mol. The summed E-state index contributed by atoms with van der Waals surface area (Å²) in [4.78, 5) is 0.174. The van der Waals surface area contributed by atoms with Gasteiger partial charge in [0.25, 0.3) is 0 Å². The third-order valence-electron chi connectivity index (χ3n) is 4.00. The maximum absolute atomic E-state index is 6.08. The SMILES string of the molecule is COc1c(C)cc(C(Br)C2Cc3ccccc3O2)cc1C. The first-order valence-electron chi connectivity index (χ1n) is 7.14. The summed E-state index contributed by atoms with van der Waals surface area (Å²) in [5, 5.41) is 0. The Balaban J connectivity index is 1.86. The second kappa shape index (κ2) is 5.72. The average Bonchev–Trinajstić information content (AvgIpc) is 2.90. The molecule has 0 fully saturated rings. The van der Waals surface area contributed by atoms with Gasteiger partial charge < -0.3 is 9.47 Å². The predicted octanol–water partition coefficient (Wildman–Crippen LogP) is 4.75. The highest BCUT2D eigenvalue weighted by molar-refractivity contribution is 9.09. The van der Waals surface area contributed by atoms with E-state index >= 15 is 0 Å². The molecule has 21 heavy (non-hydrogen) atoms. The van der Waals surface area contributed by atoms with Crippen LogP contribution in [-0.2, 0) is 6.42 Å². The van der Waals surface area contributed by atoms with Crippen molar-refractivity contribution in [2.24, 2.45) is 0 Å². The maximum atomic E-state index is 6.08. The van der Waals surface area contributed by atoms with E-state index in [1.807, 2.05) is 12.1 Å². The largest absolute Gasteiger partial charge is 0.496 e. The quantitative estimate of drug-likeness (QED) is 0.746. The average molecular weight is 347 g/mol. The van der Waals surface area contributed by atoms with Crippen LogP contribution in [0.15, 0.2) is 36.4 Å². The molecule has 1 heterocycles. The van der Waals surface area contributed by atoms with Gasteiger partial charge in [-0.25, -0.2) is 0 Å². The number of aryl methyl sites for hydroxylation is 2. The van der Waals surface area contributed by atoms with Crippen molar-refractivity contribution in [1.82, 2.24) is 0 Å². The van der Waals surface area contributed by atoms with Crippen LogP contribution < -0.4 is 9.47 Å². The molecular weight excluding hydrogens is 328 g/mol. The number of fused-ring (bicyclic) bond motifs is 1. The van der Waals surface area contributed by atoms with Crippen molar-refractivity contribution in [1.29, 1.82) is 0 Å². The minimum absolute atomic E-state index is 0.134. The van der Waals surface area contributed by atoms with Crippen molar-refractivity contribution in [2.75, 3.05) is 7.11 Å². The molecule has 0 amide bonds. The van der Waals surface area contributed by atoms with E-state index in [0.717, 1.165) is 29.0 Å². The molecule has 0 saturated carbocycles. The van der Waals surface area contributed by atoms with E-state index in [4.69, 9.17) is 9.47 Å². The summed E-state index contributed by atoms with van der Waals surface area (Å²) in [6.45, 7) is 4.17. The number of rotatable bonds is 3. The number of methoxy groups -OCH3 is 1. The molecule has 0 N–H and O–H groups in total. The standard InChI is InChI=1S/C18H19BrO2/c1-11-8-14(9-12(2)18(11)20-3)17(19)16-10-13-6-4-5-7-15(13)21-16/h4-9,16-17H,10H2,1-3H3. The van der Waals surface area contributed by atoms with Gasteiger partial charge >= 0.3 is 0 Å². The van der Waals surface area contributed by atoms with Crippen LogP contribution in [0.4, 0.5) is 0 Å². The van der Waals surface area contributed by atoms with Crippen molar-refractivity contribution in [3.63, 3.8) is 0 Å². The van der Waals surface area contributed by atoms with Crippen LogP contribution in [0.5, 0.6) is 11.5 Å². The minimum atomic E-state index is 0.134. The molecule has 0 spiro atoms.